The van der Waals surface area contributed by atoms with Gasteiger partial charge < -0.3 is 14.8 Å². The van der Waals surface area contributed by atoms with Crippen LogP contribution in [0, 0.1) is 13.8 Å². The summed E-state index contributed by atoms with van der Waals surface area (Å²) in [5.74, 6) is 0.681. The number of phenols is 1. The summed E-state index contributed by atoms with van der Waals surface area (Å²) in [5.41, 5.74) is 2.07. The Morgan fingerprint density at radius 1 is 1.37 bits per heavy atom. The number of benzene rings is 1. The zero-order valence-electron chi connectivity index (χ0n) is 10.7. The maximum Gasteiger partial charge on any atom is 0.291 e. The minimum Gasteiger partial charge on any atom is -0.506 e. The van der Waals surface area contributed by atoms with E-state index in [1.165, 1.54) is 6.07 Å². The number of nitrogens with one attached hydrogen (secondary N) is 1. The highest BCUT2D eigenvalue weighted by Gasteiger charge is 2.15. The molecule has 0 unspecified atom stereocenters. The second-order valence-electron chi connectivity index (χ2n) is 4.30. The summed E-state index contributed by atoms with van der Waals surface area (Å²) in [4.78, 5) is 12.0. The van der Waals surface area contributed by atoms with Crippen LogP contribution < -0.4 is 5.32 Å². The van der Waals surface area contributed by atoms with Gasteiger partial charge in [-0.2, -0.15) is 0 Å². The highest BCUT2D eigenvalue weighted by Crippen LogP contribution is 2.25. The zero-order chi connectivity index (χ0) is 14.0. The summed E-state index contributed by atoms with van der Waals surface area (Å²) in [6.07, 6.45) is 0. The number of phenolic OH excluding ortho intramolecular Hbond substituents is 1. The Morgan fingerprint density at radius 3 is 2.74 bits per heavy atom. The van der Waals surface area contributed by atoms with Crippen LogP contribution in [0.25, 0.3) is 0 Å². The molecule has 0 bridgehead atoms. The summed E-state index contributed by atoms with van der Waals surface area (Å²) in [6, 6.07) is 6.58. The molecule has 0 fully saturated rings. The molecule has 0 radical (unpaired) electrons. The summed E-state index contributed by atoms with van der Waals surface area (Å²) in [7, 11) is 0. The van der Waals surface area contributed by atoms with Crippen LogP contribution in [0.4, 0.5) is 5.69 Å². The Kier molecular flexibility index (Phi) is 3.81. The van der Waals surface area contributed by atoms with Gasteiger partial charge in [0, 0.05) is 5.56 Å². The molecule has 100 valence electrons. The first-order valence-corrected chi connectivity index (χ1v) is 6.31. The molecule has 2 N–H and O–H groups in total. The molecular weight excluding hydrogens is 266 g/mol. The van der Waals surface area contributed by atoms with Crippen LogP contribution in [0.3, 0.4) is 0 Å². The van der Waals surface area contributed by atoms with E-state index in [0.717, 1.165) is 11.1 Å². The monoisotopic (exact) mass is 279 g/mol. The van der Waals surface area contributed by atoms with Gasteiger partial charge in [-0.15, -0.1) is 11.6 Å². The Labute approximate surface area is 116 Å². The van der Waals surface area contributed by atoms with Gasteiger partial charge in [0.1, 0.15) is 11.5 Å². The van der Waals surface area contributed by atoms with Crippen molar-refractivity contribution >= 4 is 23.2 Å². The third-order valence-corrected chi connectivity index (χ3v) is 3.08. The van der Waals surface area contributed by atoms with Crippen molar-refractivity contribution in [3.05, 3.63) is 46.9 Å². The SMILES string of the molecule is Cc1ccc(O)c(NC(=O)c2cc(CCl)c(C)o2)c1. The predicted molar refractivity (Wildman–Crippen MR) is 73.8 cm³/mol. The maximum atomic E-state index is 12.0. The molecule has 0 aliphatic rings. The number of amides is 1. The normalized spacial score (nSPS) is 10.5. The third kappa shape index (κ3) is 2.90. The van der Waals surface area contributed by atoms with E-state index >= 15 is 0 Å². The van der Waals surface area contributed by atoms with Gasteiger partial charge >= 0.3 is 0 Å². The fourth-order valence-electron chi connectivity index (χ4n) is 1.70. The van der Waals surface area contributed by atoms with Gasteiger partial charge in [0.25, 0.3) is 5.91 Å². The van der Waals surface area contributed by atoms with E-state index < -0.39 is 5.91 Å². The van der Waals surface area contributed by atoms with Crippen molar-refractivity contribution in [3.63, 3.8) is 0 Å². The van der Waals surface area contributed by atoms with Crippen LogP contribution in [0.15, 0.2) is 28.7 Å². The second kappa shape index (κ2) is 5.36. The Morgan fingerprint density at radius 2 is 2.11 bits per heavy atom. The van der Waals surface area contributed by atoms with E-state index in [1.54, 1.807) is 25.1 Å². The van der Waals surface area contributed by atoms with Gasteiger partial charge in [-0.1, -0.05) is 6.07 Å². The molecule has 5 heteroatoms. The zero-order valence-corrected chi connectivity index (χ0v) is 11.4. The van der Waals surface area contributed by atoms with E-state index in [2.05, 4.69) is 5.32 Å². The molecule has 4 nitrogen and oxygen atoms in total. The number of hydrogen-bond acceptors (Lipinski definition) is 3. The molecule has 0 spiro atoms. The average Bonchev–Trinajstić information content (AvgIpc) is 2.75. The van der Waals surface area contributed by atoms with Crippen molar-refractivity contribution in [2.24, 2.45) is 0 Å². The molecule has 0 aliphatic carbocycles. The number of anilines is 1. The molecule has 1 amide bonds. The molecular formula is C14H14ClNO3. The lowest BCUT2D eigenvalue weighted by Crippen LogP contribution is -2.11. The molecule has 2 aromatic rings. The van der Waals surface area contributed by atoms with Crippen molar-refractivity contribution in [2.75, 3.05) is 5.32 Å². The van der Waals surface area contributed by atoms with Crippen LogP contribution in [-0.2, 0) is 5.88 Å². The number of alkyl halides is 1. The van der Waals surface area contributed by atoms with Crippen LogP contribution in [0.5, 0.6) is 5.75 Å². The number of rotatable bonds is 3. The van der Waals surface area contributed by atoms with Crippen molar-refractivity contribution in [1.29, 1.82) is 0 Å². The topological polar surface area (TPSA) is 62.5 Å². The fourth-order valence-corrected chi connectivity index (χ4v) is 1.96. The smallest absolute Gasteiger partial charge is 0.291 e. The molecule has 19 heavy (non-hydrogen) atoms. The molecule has 0 saturated heterocycles. The number of aromatic hydroxyl groups is 1. The van der Waals surface area contributed by atoms with Crippen LogP contribution in [0.1, 0.15) is 27.4 Å². The fraction of sp³-hybridized carbons (Fsp3) is 0.214. The molecule has 0 saturated carbocycles. The van der Waals surface area contributed by atoms with Gasteiger partial charge in [0.2, 0.25) is 0 Å². The number of carbonyl (C=O) groups excluding carboxylic acids is 1. The third-order valence-electron chi connectivity index (χ3n) is 2.79. The minimum atomic E-state index is -0.416. The molecule has 1 heterocycles. The predicted octanol–water partition coefficient (Wildman–Crippen LogP) is 3.59. The van der Waals surface area contributed by atoms with E-state index in [4.69, 9.17) is 16.0 Å². The lowest BCUT2D eigenvalue weighted by atomic mass is 10.2. The first-order chi connectivity index (χ1) is 9.01. The molecule has 1 aromatic carbocycles. The van der Waals surface area contributed by atoms with E-state index in [-0.39, 0.29) is 17.4 Å². The standard InChI is InChI=1S/C14H14ClNO3/c1-8-3-4-12(17)11(5-8)16-14(18)13-6-10(7-15)9(2)19-13/h3-6,17H,7H2,1-2H3,(H,16,18). The van der Waals surface area contributed by atoms with E-state index in [0.29, 0.717) is 11.4 Å². The second-order valence-corrected chi connectivity index (χ2v) is 4.57. The minimum absolute atomic E-state index is 0.0137. The quantitative estimate of drug-likeness (QED) is 0.667. The molecule has 0 aliphatic heterocycles. The number of carbonyl (C=O) groups is 1. The van der Waals surface area contributed by atoms with Crippen molar-refractivity contribution in [1.82, 2.24) is 0 Å². The average molecular weight is 280 g/mol. The summed E-state index contributed by atoms with van der Waals surface area (Å²) in [6.45, 7) is 3.62. The number of halogens is 1. The number of furan rings is 1. The lowest BCUT2D eigenvalue weighted by Gasteiger charge is -2.06. The highest BCUT2D eigenvalue weighted by atomic mass is 35.5. The largest absolute Gasteiger partial charge is 0.506 e. The van der Waals surface area contributed by atoms with Gasteiger partial charge in [-0.3, -0.25) is 4.79 Å². The molecule has 1 aromatic heterocycles. The highest BCUT2D eigenvalue weighted by molar-refractivity contribution is 6.17. The maximum absolute atomic E-state index is 12.0. The van der Waals surface area contributed by atoms with Gasteiger partial charge in [0.15, 0.2) is 5.76 Å². The number of hydrogen-bond donors (Lipinski definition) is 2. The van der Waals surface area contributed by atoms with Gasteiger partial charge in [-0.05, 0) is 37.6 Å². The summed E-state index contributed by atoms with van der Waals surface area (Å²) >= 11 is 5.72. The molecule has 2 rings (SSSR count). The van der Waals surface area contributed by atoms with Crippen molar-refractivity contribution in [3.8, 4) is 5.75 Å². The Balaban J connectivity index is 2.22. The van der Waals surface area contributed by atoms with E-state index in [9.17, 15) is 9.90 Å². The number of aryl methyl sites for hydroxylation is 2. The van der Waals surface area contributed by atoms with Crippen LogP contribution in [0.2, 0.25) is 0 Å². The summed E-state index contributed by atoms with van der Waals surface area (Å²) in [5, 5.41) is 12.3. The first-order valence-electron chi connectivity index (χ1n) is 5.77. The van der Waals surface area contributed by atoms with Crippen LogP contribution in [-0.4, -0.2) is 11.0 Å². The summed E-state index contributed by atoms with van der Waals surface area (Å²) < 4.78 is 5.33. The molecule has 0 atom stereocenters. The van der Waals surface area contributed by atoms with Crippen molar-refractivity contribution < 1.29 is 14.3 Å². The van der Waals surface area contributed by atoms with Crippen molar-refractivity contribution in [2.45, 2.75) is 19.7 Å². The lowest BCUT2D eigenvalue weighted by molar-refractivity contribution is 0.0995. The Hall–Kier alpha value is -1.94. The first kappa shape index (κ1) is 13.5. The Bertz CT molecular complexity index is 619. The van der Waals surface area contributed by atoms with E-state index in [1.807, 2.05) is 6.92 Å². The van der Waals surface area contributed by atoms with Gasteiger partial charge in [-0.25, -0.2) is 0 Å². The van der Waals surface area contributed by atoms with Crippen LogP contribution >= 0.6 is 11.6 Å². The van der Waals surface area contributed by atoms with Gasteiger partial charge in [0.05, 0.1) is 11.6 Å².